The Kier molecular flexibility index (Phi) is 3.56. The Morgan fingerprint density at radius 3 is 2.88 bits per heavy atom. The molecule has 1 unspecified atom stereocenters. The van der Waals surface area contributed by atoms with E-state index in [1.165, 1.54) is 0 Å². The van der Waals surface area contributed by atoms with E-state index in [4.69, 9.17) is 11.4 Å². The maximum absolute atomic E-state index is 13.2. The van der Waals surface area contributed by atoms with Crippen molar-refractivity contribution in [3.8, 4) is 12.3 Å². The van der Waals surface area contributed by atoms with Crippen molar-refractivity contribution in [1.82, 2.24) is 19.7 Å². The fraction of sp³-hybridized carbons (Fsp3) is 0.526. The Morgan fingerprint density at radius 1 is 1.38 bits per heavy atom. The van der Waals surface area contributed by atoms with Crippen molar-refractivity contribution < 1.29 is 4.79 Å². The number of terminal acetylenes is 1. The van der Waals surface area contributed by atoms with E-state index in [0.29, 0.717) is 12.5 Å². The van der Waals surface area contributed by atoms with Gasteiger partial charge in [-0.25, -0.2) is 4.98 Å². The largest absolute Gasteiger partial charge is 0.337 e. The predicted octanol–water partition coefficient (Wildman–Crippen LogP) is 2.64. The predicted molar refractivity (Wildman–Crippen MR) is 92.7 cm³/mol. The standard InChI is InChI=1S/C19H22N4O/c1-4-13-6-5-9-23(11-13)19(24)15-10-16(14-7-8-14)20-18-17(15)12(2)21-22(18)3/h1,10,13-14H,5-9,11H2,2-3H3. The molecule has 2 fully saturated rings. The number of aromatic nitrogens is 3. The molecule has 5 nitrogen and oxygen atoms in total. The molecule has 1 aliphatic carbocycles. The Hall–Kier alpha value is -2.35. The van der Waals surface area contributed by atoms with Gasteiger partial charge in [0.05, 0.1) is 16.6 Å². The average Bonchev–Trinajstić information content (AvgIpc) is 3.41. The minimum atomic E-state index is 0.0698. The number of hydrogen-bond acceptors (Lipinski definition) is 3. The van der Waals surface area contributed by atoms with Crippen LogP contribution in [-0.2, 0) is 7.05 Å². The average molecular weight is 322 g/mol. The van der Waals surface area contributed by atoms with Gasteiger partial charge >= 0.3 is 0 Å². The van der Waals surface area contributed by atoms with Crippen LogP contribution in [0.15, 0.2) is 6.07 Å². The Bertz CT molecular complexity index is 856. The van der Waals surface area contributed by atoms with E-state index in [2.05, 4.69) is 11.0 Å². The van der Waals surface area contributed by atoms with Crippen LogP contribution < -0.4 is 0 Å². The molecule has 0 aromatic carbocycles. The number of hydrogen-bond donors (Lipinski definition) is 0. The van der Waals surface area contributed by atoms with Gasteiger partial charge < -0.3 is 4.90 Å². The van der Waals surface area contributed by atoms with E-state index in [9.17, 15) is 4.79 Å². The van der Waals surface area contributed by atoms with E-state index >= 15 is 0 Å². The second-order valence-electron chi connectivity index (χ2n) is 7.03. The number of pyridine rings is 1. The van der Waals surface area contributed by atoms with Gasteiger partial charge in [-0.15, -0.1) is 12.3 Å². The highest BCUT2D eigenvalue weighted by Crippen LogP contribution is 2.40. The normalized spacial score (nSPS) is 21.0. The Morgan fingerprint density at radius 2 is 2.17 bits per heavy atom. The highest BCUT2D eigenvalue weighted by molar-refractivity contribution is 6.06. The third-order valence-corrected chi connectivity index (χ3v) is 5.16. The molecule has 24 heavy (non-hydrogen) atoms. The van der Waals surface area contributed by atoms with Gasteiger partial charge in [-0.05, 0) is 38.7 Å². The van der Waals surface area contributed by atoms with Gasteiger partial charge in [0.2, 0.25) is 0 Å². The molecule has 1 saturated carbocycles. The first-order valence-electron chi connectivity index (χ1n) is 8.68. The van der Waals surface area contributed by atoms with Crippen LogP contribution in [0.4, 0.5) is 0 Å². The van der Waals surface area contributed by atoms with Crippen molar-refractivity contribution in [2.75, 3.05) is 13.1 Å². The summed E-state index contributed by atoms with van der Waals surface area (Å²) in [5.41, 5.74) is 3.44. The summed E-state index contributed by atoms with van der Waals surface area (Å²) in [4.78, 5) is 19.9. The molecule has 1 amide bonds. The van der Waals surface area contributed by atoms with Crippen molar-refractivity contribution in [1.29, 1.82) is 0 Å². The molecule has 2 aromatic heterocycles. The summed E-state index contributed by atoms with van der Waals surface area (Å²) in [7, 11) is 1.89. The SMILES string of the molecule is C#CC1CCCN(C(=O)c2cc(C3CC3)nc3c2c(C)nn3C)C1. The van der Waals surface area contributed by atoms with Gasteiger partial charge in [0, 0.05) is 37.7 Å². The Labute approximate surface area is 142 Å². The molecular formula is C19H22N4O. The van der Waals surface area contributed by atoms with Crippen molar-refractivity contribution in [3.63, 3.8) is 0 Å². The molecule has 4 rings (SSSR count). The van der Waals surface area contributed by atoms with Crippen LogP contribution >= 0.6 is 0 Å². The molecule has 1 aliphatic heterocycles. The number of nitrogens with zero attached hydrogens (tertiary/aromatic N) is 4. The first-order chi connectivity index (χ1) is 11.6. The quantitative estimate of drug-likeness (QED) is 0.799. The number of likely N-dealkylation sites (tertiary alicyclic amines) is 1. The number of fused-ring (bicyclic) bond motifs is 1. The van der Waals surface area contributed by atoms with Crippen LogP contribution in [0.5, 0.6) is 0 Å². The molecule has 1 atom stereocenters. The third-order valence-electron chi connectivity index (χ3n) is 5.16. The van der Waals surface area contributed by atoms with E-state index < -0.39 is 0 Å². The zero-order valence-corrected chi connectivity index (χ0v) is 14.2. The summed E-state index contributed by atoms with van der Waals surface area (Å²) in [6.45, 7) is 3.37. The molecule has 0 spiro atoms. The van der Waals surface area contributed by atoms with Crippen molar-refractivity contribution in [3.05, 3.63) is 23.0 Å². The van der Waals surface area contributed by atoms with Crippen LogP contribution in [-0.4, -0.2) is 38.7 Å². The summed E-state index contributed by atoms with van der Waals surface area (Å²) >= 11 is 0. The topological polar surface area (TPSA) is 51.0 Å². The first kappa shape index (κ1) is 15.2. The zero-order valence-electron chi connectivity index (χ0n) is 14.2. The van der Waals surface area contributed by atoms with Gasteiger partial charge in [0.15, 0.2) is 5.65 Å². The van der Waals surface area contributed by atoms with E-state index in [1.54, 1.807) is 4.68 Å². The van der Waals surface area contributed by atoms with Gasteiger partial charge in [-0.3, -0.25) is 9.48 Å². The van der Waals surface area contributed by atoms with Gasteiger partial charge in [-0.2, -0.15) is 5.10 Å². The summed E-state index contributed by atoms with van der Waals surface area (Å²) in [6.07, 6.45) is 9.87. The molecule has 0 radical (unpaired) electrons. The number of amides is 1. The van der Waals surface area contributed by atoms with Crippen molar-refractivity contribution >= 4 is 16.9 Å². The lowest BCUT2D eigenvalue weighted by molar-refractivity contribution is 0.0701. The molecule has 1 saturated heterocycles. The fourth-order valence-corrected chi connectivity index (χ4v) is 3.69. The maximum atomic E-state index is 13.2. The number of aryl methyl sites for hydroxylation is 2. The lowest BCUT2D eigenvalue weighted by Gasteiger charge is -2.30. The summed E-state index contributed by atoms with van der Waals surface area (Å²) in [6, 6.07) is 2.00. The van der Waals surface area contributed by atoms with Crippen molar-refractivity contribution in [2.24, 2.45) is 13.0 Å². The lowest BCUT2D eigenvalue weighted by Crippen LogP contribution is -2.39. The lowest BCUT2D eigenvalue weighted by atomic mass is 9.97. The molecule has 2 aromatic rings. The zero-order chi connectivity index (χ0) is 16.8. The van der Waals surface area contributed by atoms with Gasteiger partial charge in [0.25, 0.3) is 5.91 Å². The minimum absolute atomic E-state index is 0.0698. The molecular weight excluding hydrogens is 300 g/mol. The highest BCUT2D eigenvalue weighted by Gasteiger charge is 2.30. The van der Waals surface area contributed by atoms with Crippen LogP contribution in [0.25, 0.3) is 11.0 Å². The molecule has 3 heterocycles. The third kappa shape index (κ3) is 2.47. The molecule has 0 bridgehead atoms. The van der Waals surface area contributed by atoms with Gasteiger partial charge in [0.1, 0.15) is 0 Å². The van der Waals surface area contributed by atoms with E-state index in [0.717, 1.165) is 60.2 Å². The van der Waals surface area contributed by atoms with E-state index in [-0.39, 0.29) is 11.8 Å². The summed E-state index contributed by atoms with van der Waals surface area (Å²) in [5, 5.41) is 5.37. The molecule has 2 aliphatic rings. The van der Waals surface area contributed by atoms with Gasteiger partial charge in [-0.1, -0.05) is 0 Å². The molecule has 0 N–H and O–H groups in total. The summed E-state index contributed by atoms with van der Waals surface area (Å²) < 4.78 is 1.79. The highest BCUT2D eigenvalue weighted by atomic mass is 16.2. The minimum Gasteiger partial charge on any atom is -0.337 e. The number of rotatable bonds is 2. The number of carbonyl (C=O) groups excluding carboxylic acids is 1. The number of carbonyl (C=O) groups is 1. The smallest absolute Gasteiger partial charge is 0.254 e. The maximum Gasteiger partial charge on any atom is 0.254 e. The molecule has 5 heteroatoms. The van der Waals surface area contributed by atoms with Crippen LogP contribution in [0, 0.1) is 25.2 Å². The van der Waals surface area contributed by atoms with Crippen LogP contribution in [0.1, 0.15) is 53.3 Å². The monoisotopic (exact) mass is 322 g/mol. The second kappa shape index (κ2) is 5.62. The first-order valence-corrected chi connectivity index (χ1v) is 8.68. The molecule has 124 valence electrons. The van der Waals surface area contributed by atoms with E-state index in [1.807, 2.05) is 24.9 Å². The fourth-order valence-electron chi connectivity index (χ4n) is 3.69. The second-order valence-corrected chi connectivity index (χ2v) is 7.03. The number of piperidine rings is 1. The van der Waals surface area contributed by atoms with Crippen LogP contribution in [0.3, 0.4) is 0 Å². The van der Waals surface area contributed by atoms with Crippen LogP contribution in [0.2, 0.25) is 0 Å². The Balaban J connectivity index is 1.80. The summed E-state index contributed by atoms with van der Waals surface area (Å²) in [5.74, 6) is 3.54. The van der Waals surface area contributed by atoms with Crippen molar-refractivity contribution in [2.45, 2.75) is 38.5 Å².